The molecule has 1 heterocycles. The molecule has 0 aromatic heterocycles. The highest BCUT2D eigenvalue weighted by Gasteiger charge is 2.22. The minimum Gasteiger partial charge on any atom is -0.484 e. The summed E-state index contributed by atoms with van der Waals surface area (Å²) in [5.74, 6) is 2.10. The average Bonchev–Trinajstić information content (AvgIpc) is 2.58. The van der Waals surface area contributed by atoms with Crippen LogP contribution in [0.3, 0.4) is 0 Å². The summed E-state index contributed by atoms with van der Waals surface area (Å²) in [6.45, 7) is 7.24. The fourth-order valence-electron chi connectivity index (χ4n) is 3.02. The lowest BCUT2D eigenvalue weighted by Crippen LogP contribution is -2.41. The van der Waals surface area contributed by atoms with Gasteiger partial charge in [-0.25, -0.2) is 0 Å². The first-order chi connectivity index (χ1) is 11.1. The van der Waals surface area contributed by atoms with Gasteiger partial charge in [0.1, 0.15) is 5.75 Å². The summed E-state index contributed by atoms with van der Waals surface area (Å²) in [6.07, 6.45) is 3.42. The molecule has 2 rings (SSSR count). The van der Waals surface area contributed by atoms with Crippen molar-refractivity contribution in [2.24, 2.45) is 5.92 Å². The van der Waals surface area contributed by atoms with Crippen LogP contribution in [0.1, 0.15) is 44.6 Å². The third-order valence-electron chi connectivity index (χ3n) is 4.66. The standard InChI is InChI=1S/C19H30N2O2.ClH/c1-15(2)17-5-4-6-18(13-17)23-14-19(22)21-11-8-16(9-12-21)7-10-20-3;/h4-6,13,15-16,20H,7-12,14H2,1-3H3;1H. The fourth-order valence-corrected chi connectivity index (χ4v) is 3.02. The number of hydrogen-bond acceptors (Lipinski definition) is 3. The quantitative estimate of drug-likeness (QED) is 0.815. The SMILES string of the molecule is CNCCC1CCN(C(=O)COc2cccc(C(C)C)c2)CC1.Cl. The van der Waals surface area contributed by atoms with Gasteiger partial charge in [-0.1, -0.05) is 26.0 Å². The van der Waals surface area contributed by atoms with Crippen LogP contribution >= 0.6 is 12.4 Å². The first-order valence-electron chi connectivity index (χ1n) is 8.75. The number of likely N-dealkylation sites (tertiary alicyclic amines) is 1. The van der Waals surface area contributed by atoms with Crippen LogP contribution in [-0.2, 0) is 4.79 Å². The topological polar surface area (TPSA) is 41.6 Å². The zero-order valence-electron chi connectivity index (χ0n) is 15.1. The van der Waals surface area contributed by atoms with Crippen molar-refractivity contribution in [3.05, 3.63) is 29.8 Å². The molecule has 0 radical (unpaired) electrons. The van der Waals surface area contributed by atoms with Crippen molar-refractivity contribution < 1.29 is 9.53 Å². The molecular weight excluding hydrogens is 324 g/mol. The van der Waals surface area contributed by atoms with E-state index in [1.807, 2.05) is 30.1 Å². The van der Waals surface area contributed by atoms with Crippen LogP contribution < -0.4 is 10.1 Å². The monoisotopic (exact) mass is 354 g/mol. The lowest BCUT2D eigenvalue weighted by molar-refractivity contribution is -0.134. The van der Waals surface area contributed by atoms with Crippen molar-refractivity contribution in [1.82, 2.24) is 10.2 Å². The third kappa shape index (κ3) is 6.33. The molecule has 0 saturated carbocycles. The molecule has 0 spiro atoms. The van der Waals surface area contributed by atoms with Gasteiger partial charge in [-0.3, -0.25) is 4.79 Å². The largest absolute Gasteiger partial charge is 0.484 e. The molecule has 1 saturated heterocycles. The molecule has 0 atom stereocenters. The van der Waals surface area contributed by atoms with E-state index in [9.17, 15) is 4.79 Å². The second-order valence-corrected chi connectivity index (χ2v) is 6.73. The maximum atomic E-state index is 12.3. The molecule has 24 heavy (non-hydrogen) atoms. The van der Waals surface area contributed by atoms with Gasteiger partial charge in [-0.05, 0) is 62.4 Å². The van der Waals surface area contributed by atoms with Gasteiger partial charge in [0.2, 0.25) is 0 Å². The first-order valence-corrected chi connectivity index (χ1v) is 8.75. The number of rotatable bonds is 7. The van der Waals surface area contributed by atoms with Crippen LogP contribution in [0, 0.1) is 5.92 Å². The van der Waals surface area contributed by atoms with Crippen molar-refractivity contribution in [2.45, 2.75) is 39.0 Å². The molecule has 1 aliphatic heterocycles. The van der Waals surface area contributed by atoms with Gasteiger partial charge in [-0.15, -0.1) is 12.4 Å². The highest BCUT2D eigenvalue weighted by atomic mass is 35.5. The number of nitrogens with zero attached hydrogens (tertiary/aromatic N) is 1. The number of halogens is 1. The second kappa shape index (κ2) is 10.6. The molecule has 5 heteroatoms. The Morgan fingerprint density at radius 1 is 1.33 bits per heavy atom. The minimum absolute atomic E-state index is 0. The Labute approximate surface area is 152 Å². The highest BCUT2D eigenvalue weighted by molar-refractivity contribution is 5.85. The summed E-state index contributed by atoms with van der Waals surface area (Å²) >= 11 is 0. The molecule has 1 fully saturated rings. The van der Waals surface area contributed by atoms with Crippen LogP contribution in [0.25, 0.3) is 0 Å². The number of carbonyl (C=O) groups is 1. The summed E-state index contributed by atoms with van der Waals surface area (Å²) in [6, 6.07) is 8.03. The highest BCUT2D eigenvalue weighted by Crippen LogP contribution is 2.22. The van der Waals surface area contributed by atoms with E-state index in [1.54, 1.807) is 0 Å². The molecule has 1 N–H and O–H groups in total. The number of nitrogens with one attached hydrogen (secondary N) is 1. The minimum atomic E-state index is 0. The van der Waals surface area contributed by atoms with E-state index in [1.165, 1.54) is 12.0 Å². The molecule has 1 amide bonds. The summed E-state index contributed by atoms with van der Waals surface area (Å²) in [7, 11) is 1.99. The molecule has 1 aliphatic rings. The van der Waals surface area contributed by atoms with Gasteiger partial charge in [0, 0.05) is 13.1 Å². The molecular formula is C19H31ClN2O2. The van der Waals surface area contributed by atoms with Crippen LogP contribution in [0.2, 0.25) is 0 Å². The van der Waals surface area contributed by atoms with E-state index < -0.39 is 0 Å². The van der Waals surface area contributed by atoms with Gasteiger partial charge in [-0.2, -0.15) is 0 Å². The third-order valence-corrected chi connectivity index (χ3v) is 4.66. The van der Waals surface area contributed by atoms with Crippen molar-refractivity contribution in [3.8, 4) is 5.75 Å². The summed E-state index contributed by atoms with van der Waals surface area (Å²) in [5.41, 5.74) is 1.24. The first kappa shape index (κ1) is 20.8. The van der Waals surface area contributed by atoms with Gasteiger partial charge in [0.05, 0.1) is 0 Å². The predicted molar refractivity (Wildman–Crippen MR) is 101 cm³/mol. The predicted octanol–water partition coefficient (Wildman–Crippen LogP) is 3.46. The average molecular weight is 355 g/mol. The fraction of sp³-hybridized carbons (Fsp3) is 0.632. The number of carbonyl (C=O) groups excluding carboxylic acids is 1. The van der Waals surface area contributed by atoms with Gasteiger partial charge >= 0.3 is 0 Å². The normalized spacial score (nSPS) is 15.2. The number of ether oxygens (including phenoxy) is 1. The van der Waals surface area contributed by atoms with E-state index in [4.69, 9.17) is 4.74 Å². The van der Waals surface area contributed by atoms with E-state index in [0.717, 1.165) is 44.1 Å². The molecule has 136 valence electrons. The summed E-state index contributed by atoms with van der Waals surface area (Å²) < 4.78 is 5.70. The lowest BCUT2D eigenvalue weighted by atomic mass is 9.93. The van der Waals surface area contributed by atoms with E-state index >= 15 is 0 Å². The molecule has 0 unspecified atom stereocenters. The zero-order valence-corrected chi connectivity index (χ0v) is 15.9. The van der Waals surface area contributed by atoms with Crippen molar-refractivity contribution >= 4 is 18.3 Å². The Bertz CT molecular complexity index is 500. The molecule has 0 bridgehead atoms. The summed E-state index contributed by atoms with van der Waals surface area (Å²) in [4.78, 5) is 14.2. The van der Waals surface area contributed by atoms with E-state index in [-0.39, 0.29) is 24.9 Å². The Balaban J connectivity index is 0.00000288. The summed E-state index contributed by atoms with van der Waals surface area (Å²) in [5, 5.41) is 3.20. The van der Waals surface area contributed by atoms with E-state index in [0.29, 0.717) is 5.92 Å². The van der Waals surface area contributed by atoms with Gasteiger partial charge < -0.3 is 15.0 Å². The second-order valence-electron chi connectivity index (χ2n) is 6.73. The Kier molecular flexibility index (Phi) is 9.16. The lowest BCUT2D eigenvalue weighted by Gasteiger charge is -2.32. The molecule has 1 aromatic rings. The maximum absolute atomic E-state index is 12.3. The number of piperidine rings is 1. The number of benzene rings is 1. The van der Waals surface area contributed by atoms with Crippen molar-refractivity contribution in [2.75, 3.05) is 33.3 Å². The molecule has 4 nitrogen and oxygen atoms in total. The van der Waals surface area contributed by atoms with Crippen LogP contribution in [0.15, 0.2) is 24.3 Å². The molecule has 1 aromatic carbocycles. The van der Waals surface area contributed by atoms with Crippen LogP contribution in [0.5, 0.6) is 5.75 Å². The van der Waals surface area contributed by atoms with Gasteiger partial charge in [0.15, 0.2) is 6.61 Å². The van der Waals surface area contributed by atoms with Crippen molar-refractivity contribution in [3.63, 3.8) is 0 Å². The number of amides is 1. The number of hydrogen-bond donors (Lipinski definition) is 1. The smallest absolute Gasteiger partial charge is 0.260 e. The van der Waals surface area contributed by atoms with Crippen molar-refractivity contribution in [1.29, 1.82) is 0 Å². The Morgan fingerprint density at radius 3 is 2.67 bits per heavy atom. The maximum Gasteiger partial charge on any atom is 0.260 e. The van der Waals surface area contributed by atoms with Crippen LogP contribution in [-0.4, -0.2) is 44.1 Å². The Morgan fingerprint density at radius 2 is 2.04 bits per heavy atom. The zero-order chi connectivity index (χ0) is 16.7. The molecule has 0 aliphatic carbocycles. The van der Waals surface area contributed by atoms with Crippen LogP contribution in [0.4, 0.5) is 0 Å². The van der Waals surface area contributed by atoms with Gasteiger partial charge in [0.25, 0.3) is 5.91 Å². The Hall–Kier alpha value is -1.26. The van der Waals surface area contributed by atoms with E-state index in [2.05, 4.69) is 25.2 Å².